The van der Waals surface area contributed by atoms with Gasteiger partial charge in [0.2, 0.25) is 10.0 Å². The summed E-state index contributed by atoms with van der Waals surface area (Å²) in [5, 5.41) is 3.32. The van der Waals surface area contributed by atoms with Crippen molar-refractivity contribution in [1.82, 2.24) is 19.8 Å². The number of nitrogens with one attached hydrogen (secondary N) is 2. The highest BCUT2D eigenvalue weighted by Gasteiger charge is 2.29. The molecule has 1 saturated carbocycles. The predicted molar refractivity (Wildman–Crippen MR) is 121 cm³/mol. The Morgan fingerprint density at radius 3 is 2.59 bits per heavy atom. The zero-order valence-electron chi connectivity index (χ0n) is 16.3. The molecule has 2 N–H and O–H groups in total. The van der Waals surface area contributed by atoms with Crippen molar-refractivity contribution in [2.45, 2.75) is 38.6 Å². The van der Waals surface area contributed by atoms with Crippen LogP contribution in [0.5, 0.6) is 0 Å². The second-order valence-electron chi connectivity index (χ2n) is 7.51. The Labute approximate surface area is 181 Å². The van der Waals surface area contributed by atoms with Gasteiger partial charge in [-0.1, -0.05) is 18.6 Å². The quantitative estimate of drug-likeness (QED) is 0.222. The van der Waals surface area contributed by atoms with Gasteiger partial charge in [0.15, 0.2) is 5.96 Å². The second-order valence-corrected chi connectivity index (χ2v) is 9.44. The van der Waals surface area contributed by atoms with Crippen molar-refractivity contribution in [2.24, 2.45) is 10.9 Å². The fourth-order valence-corrected chi connectivity index (χ4v) is 4.70. The molecule has 0 aromatic rings. The summed E-state index contributed by atoms with van der Waals surface area (Å²) in [6.45, 7) is 7.73. The highest BCUT2D eigenvalue weighted by molar-refractivity contribution is 14.0. The number of guanidine groups is 1. The molecular weight excluding hydrogens is 477 g/mol. The Balaban J connectivity index is 0.00000261. The number of rotatable bonds is 8. The van der Waals surface area contributed by atoms with E-state index in [2.05, 4.69) is 37.0 Å². The van der Waals surface area contributed by atoms with Gasteiger partial charge in [0.05, 0.1) is 12.3 Å². The van der Waals surface area contributed by atoms with Gasteiger partial charge in [-0.2, -0.15) is 0 Å². The molecule has 3 aliphatic rings. The van der Waals surface area contributed by atoms with Gasteiger partial charge in [0.1, 0.15) is 0 Å². The molecule has 0 amide bonds. The third kappa shape index (κ3) is 6.86. The third-order valence-corrected chi connectivity index (χ3v) is 6.93. The molecule has 2 heterocycles. The lowest BCUT2D eigenvalue weighted by Gasteiger charge is -2.26. The fraction of sp³-hybridized carbons (Fsp3) is 0.833. The molecule has 1 atom stereocenters. The first-order chi connectivity index (χ1) is 12.6. The number of aliphatic imine (C=N–C) groups is 1. The molecule has 2 aliphatic heterocycles. The first-order valence-electron chi connectivity index (χ1n) is 9.97. The molecule has 0 spiro atoms. The van der Waals surface area contributed by atoms with Gasteiger partial charge in [0.25, 0.3) is 0 Å². The van der Waals surface area contributed by atoms with E-state index in [9.17, 15) is 8.42 Å². The Bertz CT molecular complexity index is 613. The minimum atomic E-state index is -3.23. The summed E-state index contributed by atoms with van der Waals surface area (Å²) in [6.07, 6.45) is 9.11. The number of sulfonamides is 1. The Kier molecular flexibility index (Phi) is 9.30. The summed E-state index contributed by atoms with van der Waals surface area (Å²) in [4.78, 5) is 9.33. The van der Waals surface area contributed by atoms with Crippen LogP contribution in [0.3, 0.4) is 0 Å². The van der Waals surface area contributed by atoms with Gasteiger partial charge in [-0.25, -0.2) is 13.1 Å². The Morgan fingerprint density at radius 1 is 1.22 bits per heavy atom. The van der Waals surface area contributed by atoms with Crippen molar-refractivity contribution in [1.29, 1.82) is 0 Å². The van der Waals surface area contributed by atoms with E-state index in [-0.39, 0.29) is 29.7 Å². The summed E-state index contributed by atoms with van der Waals surface area (Å²) in [6, 6.07) is 0.557. The second kappa shape index (κ2) is 11.0. The third-order valence-electron chi connectivity index (χ3n) is 5.60. The van der Waals surface area contributed by atoms with Crippen LogP contribution in [0.15, 0.2) is 17.1 Å². The van der Waals surface area contributed by atoms with Crippen LogP contribution >= 0.6 is 24.0 Å². The van der Waals surface area contributed by atoms with Crippen LogP contribution in [-0.2, 0) is 10.0 Å². The highest BCUT2D eigenvalue weighted by atomic mass is 127. The number of nitrogens with zero attached hydrogens (tertiary/aromatic N) is 3. The van der Waals surface area contributed by atoms with E-state index in [4.69, 9.17) is 0 Å². The molecule has 0 radical (unpaired) electrons. The summed E-state index contributed by atoms with van der Waals surface area (Å²) in [5.41, 5.74) is 0. The van der Waals surface area contributed by atoms with Gasteiger partial charge in [0, 0.05) is 45.3 Å². The molecule has 0 aromatic heterocycles. The molecule has 9 heteroatoms. The van der Waals surface area contributed by atoms with Crippen LogP contribution in [0.25, 0.3) is 0 Å². The molecule has 156 valence electrons. The Morgan fingerprint density at radius 2 is 1.96 bits per heavy atom. The molecule has 0 bridgehead atoms. The first-order valence-corrected chi connectivity index (χ1v) is 11.6. The summed E-state index contributed by atoms with van der Waals surface area (Å²) < 4.78 is 27.0. The van der Waals surface area contributed by atoms with Gasteiger partial charge < -0.3 is 10.2 Å². The van der Waals surface area contributed by atoms with Crippen LogP contribution in [-0.4, -0.2) is 81.8 Å². The van der Waals surface area contributed by atoms with E-state index < -0.39 is 10.0 Å². The SMILES string of the molecule is CCNC(=NCCS(=O)(=O)NCC1CCC1)N1CCC(N2CC=CC2)C1.I. The zero-order valence-corrected chi connectivity index (χ0v) is 19.4. The molecule has 2 fully saturated rings. The molecule has 3 rings (SSSR count). The summed E-state index contributed by atoms with van der Waals surface area (Å²) >= 11 is 0. The molecule has 7 nitrogen and oxygen atoms in total. The van der Waals surface area contributed by atoms with Crippen LogP contribution in [0.2, 0.25) is 0 Å². The largest absolute Gasteiger partial charge is 0.357 e. The standard InChI is InChI=1S/C18H33N5O2S.HI/c1-2-19-18(23-12-8-17(15-23)22-10-3-4-11-22)20-9-13-26(24,25)21-14-16-6-5-7-16;/h3-4,16-17,21H,2,5-15H2,1H3,(H,19,20);1H. The number of likely N-dealkylation sites (tertiary alicyclic amines) is 1. The lowest BCUT2D eigenvalue weighted by atomic mass is 9.86. The van der Waals surface area contributed by atoms with Gasteiger partial charge >= 0.3 is 0 Å². The van der Waals surface area contributed by atoms with Crippen molar-refractivity contribution in [3.63, 3.8) is 0 Å². The zero-order chi connectivity index (χ0) is 18.4. The van der Waals surface area contributed by atoms with Crippen LogP contribution in [0, 0.1) is 5.92 Å². The lowest BCUT2D eigenvalue weighted by Crippen LogP contribution is -2.43. The minimum Gasteiger partial charge on any atom is -0.357 e. The molecule has 0 aromatic carbocycles. The van der Waals surface area contributed by atoms with Crippen molar-refractivity contribution in [3.05, 3.63) is 12.2 Å². The van der Waals surface area contributed by atoms with Gasteiger partial charge in [-0.15, -0.1) is 24.0 Å². The van der Waals surface area contributed by atoms with Gasteiger partial charge in [-0.05, 0) is 32.1 Å². The monoisotopic (exact) mass is 511 g/mol. The number of hydrogen-bond donors (Lipinski definition) is 2. The van der Waals surface area contributed by atoms with Crippen molar-refractivity contribution < 1.29 is 8.42 Å². The van der Waals surface area contributed by atoms with Crippen molar-refractivity contribution in [2.75, 3.05) is 51.6 Å². The average molecular weight is 511 g/mol. The first kappa shape index (κ1) is 22.9. The maximum atomic E-state index is 12.1. The van der Waals surface area contributed by atoms with Crippen LogP contribution in [0.1, 0.15) is 32.6 Å². The molecule has 27 heavy (non-hydrogen) atoms. The summed E-state index contributed by atoms with van der Waals surface area (Å²) in [5.74, 6) is 1.44. The average Bonchev–Trinajstić information content (AvgIpc) is 3.23. The van der Waals surface area contributed by atoms with E-state index in [0.717, 1.165) is 57.9 Å². The maximum absolute atomic E-state index is 12.1. The molecule has 1 unspecified atom stereocenters. The molecular formula is C18H34IN5O2S. The number of hydrogen-bond acceptors (Lipinski definition) is 4. The molecule has 1 saturated heterocycles. The minimum absolute atomic E-state index is 0. The van der Waals surface area contributed by atoms with E-state index in [1.807, 2.05) is 6.92 Å². The predicted octanol–water partition coefficient (Wildman–Crippen LogP) is 1.24. The van der Waals surface area contributed by atoms with E-state index in [1.54, 1.807) is 0 Å². The van der Waals surface area contributed by atoms with Crippen LogP contribution < -0.4 is 10.0 Å². The fourth-order valence-electron chi connectivity index (χ4n) is 3.74. The van der Waals surface area contributed by atoms with E-state index in [0.29, 0.717) is 25.0 Å². The topological polar surface area (TPSA) is 77.0 Å². The van der Waals surface area contributed by atoms with E-state index >= 15 is 0 Å². The van der Waals surface area contributed by atoms with Gasteiger partial charge in [-0.3, -0.25) is 9.89 Å². The molecule has 1 aliphatic carbocycles. The highest BCUT2D eigenvalue weighted by Crippen LogP contribution is 2.25. The maximum Gasteiger partial charge on any atom is 0.213 e. The smallest absolute Gasteiger partial charge is 0.213 e. The van der Waals surface area contributed by atoms with Crippen molar-refractivity contribution >= 4 is 40.0 Å². The van der Waals surface area contributed by atoms with Crippen molar-refractivity contribution in [3.8, 4) is 0 Å². The number of halogens is 1. The lowest BCUT2D eigenvalue weighted by molar-refractivity contribution is 0.259. The van der Waals surface area contributed by atoms with Crippen LogP contribution in [0.4, 0.5) is 0 Å². The summed E-state index contributed by atoms with van der Waals surface area (Å²) in [7, 11) is -3.23. The normalized spacial score (nSPS) is 24.1. The Hall–Kier alpha value is -0.390. The van der Waals surface area contributed by atoms with E-state index in [1.165, 1.54) is 6.42 Å².